The summed E-state index contributed by atoms with van der Waals surface area (Å²) >= 11 is 1.43. The van der Waals surface area contributed by atoms with E-state index in [1.807, 2.05) is 28.5 Å². The second-order valence-electron chi connectivity index (χ2n) is 6.57. The molecule has 0 spiro atoms. The van der Waals surface area contributed by atoms with Crippen molar-refractivity contribution in [3.8, 4) is 11.5 Å². The van der Waals surface area contributed by atoms with Crippen molar-refractivity contribution in [1.29, 1.82) is 0 Å². The van der Waals surface area contributed by atoms with E-state index in [0.717, 1.165) is 24.3 Å². The molecule has 2 unspecified atom stereocenters. The van der Waals surface area contributed by atoms with Crippen LogP contribution in [0.4, 0.5) is 10.8 Å². The molecule has 6 nitrogen and oxygen atoms in total. The van der Waals surface area contributed by atoms with Gasteiger partial charge in [-0.3, -0.25) is 4.79 Å². The number of likely N-dealkylation sites (tertiary alicyclic amines) is 1. The van der Waals surface area contributed by atoms with Crippen LogP contribution in [0.15, 0.2) is 23.6 Å². The molecule has 1 saturated heterocycles. The first-order chi connectivity index (χ1) is 12.1. The van der Waals surface area contributed by atoms with Crippen LogP contribution < -0.4 is 14.8 Å². The average molecular weight is 359 g/mol. The summed E-state index contributed by atoms with van der Waals surface area (Å²) in [7, 11) is 0. The van der Waals surface area contributed by atoms with Crippen molar-refractivity contribution in [3.05, 3.63) is 29.3 Å². The molecule has 0 saturated carbocycles. The van der Waals surface area contributed by atoms with Gasteiger partial charge in [0.2, 0.25) is 6.79 Å². The summed E-state index contributed by atoms with van der Waals surface area (Å²) in [5.41, 5.74) is 1.37. The number of aromatic nitrogens is 1. The first-order valence-electron chi connectivity index (χ1n) is 8.56. The molecule has 0 radical (unpaired) electrons. The minimum Gasteiger partial charge on any atom is -0.454 e. The number of thiazole rings is 1. The molecule has 1 fully saturated rings. The van der Waals surface area contributed by atoms with Crippen molar-refractivity contribution >= 4 is 28.1 Å². The molecule has 2 aromatic rings. The lowest BCUT2D eigenvalue weighted by molar-refractivity contribution is 0.0505. The van der Waals surface area contributed by atoms with E-state index in [1.54, 1.807) is 0 Å². The number of fused-ring (bicyclic) bond motifs is 1. The molecule has 1 aromatic heterocycles. The Kier molecular flexibility index (Phi) is 4.25. The standard InChI is InChI=1S/C18H21N3O3S/c1-11-4-3-5-12(2)21(11)17(22)14-9-25-18(20-14)19-13-6-7-15-16(8-13)24-10-23-15/h6-9,11-12H,3-5,10H2,1-2H3,(H,19,20). The summed E-state index contributed by atoms with van der Waals surface area (Å²) in [5.74, 6) is 1.48. The van der Waals surface area contributed by atoms with Crippen molar-refractivity contribution < 1.29 is 14.3 Å². The van der Waals surface area contributed by atoms with Crippen LogP contribution in [0.5, 0.6) is 11.5 Å². The van der Waals surface area contributed by atoms with E-state index in [9.17, 15) is 4.79 Å². The van der Waals surface area contributed by atoms with Gasteiger partial charge in [-0.1, -0.05) is 0 Å². The van der Waals surface area contributed by atoms with E-state index in [-0.39, 0.29) is 24.8 Å². The number of piperidine rings is 1. The van der Waals surface area contributed by atoms with E-state index in [0.29, 0.717) is 16.6 Å². The molecular weight excluding hydrogens is 338 g/mol. The number of carbonyl (C=O) groups excluding carboxylic acids is 1. The highest BCUT2D eigenvalue weighted by Gasteiger charge is 2.30. The molecule has 7 heteroatoms. The highest BCUT2D eigenvalue weighted by atomic mass is 32.1. The maximum absolute atomic E-state index is 12.8. The van der Waals surface area contributed by atoms with E-state index in [4.69, 9.17) is 9.47 Å². The SMILES string of the molecule is CC1CCCC(C)N1C(=O)c1csc(Nc2ccc3c(c2)OCO3)n1. The quantitative estimate of drug-likeness (QED) is 0.897. The number of hydrogen-bond acceptors (Lipinski definition) is 6. The topological polar surface area (TPSA) is 63.7 Å². The van der Waals surface area contributed by atoms with Crippen LogP contribution in [0.25, 0.3) is 0 Å². The van der Waals surface area contributed by atoms with Crippen molar-refractivity contribution in [1.82, 2.24) is 9.88 Å². The number of nitrogens with zero attached hydrogens (tertiary/aromatic N) is 2. The van der Waals surface area contributed by atoms with Gasteiger partial charge < -0.3 is 19.7 Å². The summed E-state index contributed by atoms with van der Waals surface area (Å²) < 4.78 is 10.7. The minimum atomic E-state index is 0.0229. The summed E-state index contributed by atoms with van der Waals surface area (Å²) in [6.07, 6.45) is 3.30. The molecule has 0 aliphatic carbocycles. The second kappa shape index (κ2) is 6.55. The number of hydrogen-bond donors (Lipinski definition) is 1. The third-order valence-corrected chi connectivity index (χ3v) is 5.53. The van der Waals surface area contributed by atoms with Crippen LogP contribution >= 0.6 is 11.3 Å². The Morgan fingerprint density at radius 1 is 1.24 bits per heavy atom. The normalized spacial score (nSPS) is 22.1. The van der Waals surface area contributed by atoms with Crippen LogP contribution in [-0.4, -0.2) is 34.7 Å². The summed E-state index contributed by atoms with van der Waals surface area (Å²) in [4.78, 5) is 19.3. The van der Waals surface area contributed by atoms with E-state index in [1.165, 1.54) is 17.8 Å². The maximum atomic E-state index is 12.8. The summed E-state index contributed by atoms with van der Waals surface area (Å²) in [6, 6.07) is 6.18. The Balaban J connectivity index is 1.49. The molecule has 25 heavy (non-hydrogen) atoms. The van der Waals surface area contributed by atoms with Gasteiger partial charge in [-0.2, -0.15) is 0 Å². The Bertz CT molecular complexity index is 782. The molecule has 0 bridgehead atoms. The van der Waals surface area contributed by atoms with Gasteiger partial charge in [0.1, 0.15) is 5.69 Å². The largest absolute Gasteiger partial charge is 0.454 e. The maximum Gasteiger partial charge on any atom is 0.273 e. The van der Waals surface area contributed by atoms with Gasteiger partial charge in [0.25, 0.3) is 5.91 Å². The van der Waals surface area contributed by atoms with E-state index < -0.39 is 0 Å². The Labute approximate surface area is 150 Å². The molecule has 1 amide bonds. The van der Waals surface area contributed by atoms with Crippen LogP contribution in [0.2, 0.25) is 0 Å². The van der Waals surface area contributed by atoms with Crippen molar-refractivity contribution in [3.63, 3.8) is 0 Å². The van der Waals surface area contributed by atoms with E-state index >= 15 is 0 Å². The number of rotatable bonds is 3. The van der Waals surface area contributed by atoms with Crippen LogP contribution in [0.1, 0.15) is 43.6 Å². The van der Waals surface area contributed by atoms with Crippen molar-refractivity contribution in [2.24, 2.45) is 0 Å². The molecular formula is C18H21N3O3S. The first kappa shape index (κ1) is 16.2. The zero-order valence-electron chi connectivity index (χ0n) is 14.3. The molecule has 2 aliphatic rings. The zero-order valence-corrected chi connectivity index (χ0v) is 15.1. The third kappa shape index (κ3) is 3.16. The number of benzene rings is 1. The lowest BCUT2D eigenvalue weighted by atomic mass is 9.97. The molecule has 3 heterocycles. The smallest absolute Gasteiger partial charge is 0.273 e. The Morgan fingerprint density at radius 3 is 2.80 bits per heavy atom. The average Bonchev–Trinajstić information content (AvgIpc) is 3.23. The predicted molar refractivity (Wildman–Crippen MR) is 96.9 cm³/mol. The van der Waals surface area contributed by atoms with Crippen LogP contribution in [0.3, 0.4) is 0 Å². The fourth-order valence-electron chi connectivity index (χ4n) is 3.48. The molecule has 2 atom stereocenters. The lowest BCUT2D eigenvalue weighted by Crippen LogP contribution is -2.47. The molecule has 132 valence electrons. The van der Waals surface area contributed by atoms with Gasteiger partial charge in [-0.15, -0.1) is 11.3 Å². The number of nitrogens with one attached hydrogen (secondary N) is 1. The number of carbonyl (C=O) groups is 1. The third-order valence-electron chi connectivity index (χ3n) is 4.78. The highest BCUT2D eigenvalue weighted by molar-refractivity contribution is 7.14. The predicted octanol–water partition coefficient (Wildman–Crippen LogP) is 4.02. The fraction of sp³-hybridized carbons (Fsp3) is 0.444. The number of amides is 1. The van der Waals surface area contributed by atoms with Gasteiger partial charge in [0.15, 0.2) is 16.6 Å². The second-order valence-corrected chi connectivity index (χ2v) is 7.43. The highest BCUT2D eigenvalue weighted by Crippen LogP contribution is 2.35. The van der Waals surface area contributed by atoms with Crippen LogP contribution in [0, 0.1) is 0 Å². The van der Waals surface area contributed by atoms with Crippen molar-refractivity contribution in [2.45, 2.75) is 45.2 Å². The Hall–Kier alpha value is -2.28. The molecule has 4 rings (SSSR count). The van der Waals surface area contributed by atoms with Crippen LogP contribution in [-0.2, 0) is 0 Å². The van der Waals surface area contributed by atoms with Gasteiger partial charge in [-0.05, 0) is 45.2 Å². The monoisotopic (exact) mass is 359 g/mol. The van der Waals surface area contributed by atoms with Gasteiger partial charge in [0, 0.05) is 29.2 Å². The zero-order chi connectivity index (χ0) is 17.4. The summed E-state index contributed by atoms with van der Waals surface area (Å²) in [6.45, 7) is 4.48. The molecule has 1 N–H and O–H groups in total. The summed E-state index contributed by atoms with van der Waals surface area (Å²) in [5, 5.41) is 5.75. The van der Waals surface area contributed by atoms with Gasteiger partial charge >= 0.3 is 0 Å². The molecule has 1 aromatic carbocycles. The van der Waals surface area contributed by atoms with Crippen molar-refractivity contribution in [2.75, 3.05) is 12.1 Å². The first-order valence-corrected chi connectivity index (χ1v) is 9.44. The van der Waals surface area contributed by atoms with Gasteiger partial charge in [0.05, 0.1) is 0 Å². The fourth-order valence-corrected chi connectivity index (χ4v) is 4.19. The Morgan fingerprint density at radius 2 is 2.00 bits per heavy atom. The molecule has 2 aliphatic heterocycles. The number of anilines is 2. The lowest BCUT2D eigenvalue weighted by Gasteiger charge is -2.38. The minimum absolute atomic E-state index is 0.0229. The van der Waals surface area contributed by atoms with E-state index in [2.05, 4.69) is 24.1 Å². The number of ether oxygens (including phenoxy) is 2. The van der Waals surface area contributed by atoms with Gasteiger partial charge in [-0.25, -0.2) is 4.98 Å².